The fourth-order valence-electron chi connectivity index (χ4n) is 1.34. The molecule has 0 spiro atoms. The molecule has 0 aromatic heterocycles. The molecule has 0 heterocycles. The first kappa shape index (κ1) is 17.6. The Labute approximate surface area is 105 Å². The number of allylic oxidation sites excluding steroid dienone is 2. The molecular weight excluding hydrogens is 224 g/mol. The van der Waals surface area contributed by atoms with Crippen LogP contribution in [-0.4, -0.2) is 19.0 Å². The number of hydrogen-bond donors (Lipinski definition) is 2. The molecule has 1 amide bonds. The predicted octanol–water partition coefficient (Wildman–Crippen LogP) is 2.03. The van der Waals surface area contributed by atoms with Gasteiger partial charge in [-0.1, -0.05) is 12.2 Å². The number of halogens is 1. The summed E-state index contributed by atoms with van der Waals surface area (Å²) in [6.07, 6.45) is 6.84. The van der Waals surface area contributed by atoms with Gasteiger partial charge in [0.2, 0.25) is 5.91 Å². The summed E-state index contributed by atoms with van der Waals surface area (Å²) in [4.78, 5) is 11.6. The molecule has 0 unspecified atom stereocenters. The minimum absolute atomic E-state index is 0. The van der Waals surface area contributed by atoms with Crippen LogP contribution in [0, 0.1) is 5.92 Å². The van der Waals surface area contributed by atoms with Gasteiger partial charge in [0.25, 0.3) is 0 Å². The van der Waals surface area contributed by atoms with E-state index < -0.39 is 0 Å². The lowest BCUT2D eigenvalue weighted by Gasteiger charge is -2.12. The van der Waals surface area contributed by atoms with Crippen LogP contribution < -0.4 is 11.1 Å². The Bertz CT molecular complexity index is 197. The Hall–Kier alpha value is -0.800. The van der Waals surface area contributed by atoms with Crippen molar-refractivity contribution in [2.75, 3.05) is 13.1 Å². The molecule has 94 valence electrons. The molecule has 16 heavy (non-hydrogen) atoms. The number of nitrogens with one attached hydrogen (secondary N) is 1. The largest absolute Gasteiger partial charge is 0.356 e. The summed E-state index contributed by atoms with van der Waals surface area (Å²) in [7, 11) is 0. The molecule has 0 rings (SSSR count). The third kappa shape index (κ3) is 8.50. The van der Waals surface area contributed by atoms with Gasteiger partial charge in [-0.3, -0.25) is 4.79 Å². The first-order valence-corrected chi connectivity index (χ1v) is 5.45. The van der Waals surface area contributed by atoms with Gasteiger partial charge in [0, 0.05) is 12.5 Å². The number of carbonyl (C=O) groups is 1. The summed E-state index contributed by atoms with van der Waals surface area (Å²) in [6.45, 7) is 8.68. The number of unbranched alkanes of at least 4 members (excludes halogenated alkanes) is 1. The van der Waals surface area contributed by atoms with Crippen molar-refractivity contribution in [3.8, 4) is 0 Å². The highest BCUT2D eigenvalue weighted by Crippen LogP contribution is 2.09. The first-order valence-electron chi connectivity index (χ1n) is 5.45. The van der Waals surface area contributed by atoms with Crippen LogP contribution in [0.4, 0.5) is 0 Å². The van der Waals surface area contributed by atoms with Crippen molar-refractivity contribution < 1.29 is 4.79 Å². The Morgan fingerprint density at radius 2 is 1.81 bits per heavy atom. The van der Waals surface area contributed by atoms with Crippen molar-refractivity contribution in [3.63, 3.8) is 0 Å². The summed E-state index contributed by atoms with van der Waals surface area (Å²) in [5, 5.41) is 2.90. The van der Waals surface area contributed by atoms with E-state index in [1.807, 2.05) is 0 Å². The van der Waals surface area contributed by atoms with Crippen molar-refractivity contribution in [1.29, 1.82) is 0 Å². The van der Waals surface area contributed by atoms with E-state index in [9.17, 15) is 4.79 Å². The van der Waals surface area contributed by atoms with Gasteiger partial charge in [-0.15, -0.1) is 25.6 Å². The zero-order chi connectivity index (χ0) is 11.5. The van der Waals surface area contributed by atoms with E-state index in [1.165, 1.54) is 0 Å². The minimum Gasteiger partial charge on any atom is -0.356 e. The Morgan fingerprint density at radius 3 is 2.25 bits per heavy atom. The van der Waals surface area contributed by atoms with Gasteiger partial charge < -0.3 is 11.1 Å². The molecule has 0 aliphatic rings. The van der Waals surface area contributed by atoms with Crippen LogP contribution in [0.25, 0.3) is 0 Å². The molecule has 0 aliphatic carbocycles. The standard InChI is InChI=1S/C12H22N2O.ClH/c1-3-7-11(8-4-2)12(15)14-10-6-5-9-13;/h3-4,11H,1-2,5-10,13H2,(H,14,15);1H. The molecular formula is C12H23ClN2O. The zero-order valence-electron chi connectivity index (χ0n) is 9.78. The monoisotopic (exact) mass is 246 g/mol. The molecule has 0 fully saturated rings. The highest BCUT2D eigenvalue weighted by molar-refractivity contribution is 5.85. The lowest BCUT2D eigenvalue weighted by atomic mass is 10.0. The summed E-state index contributed by atoms with van der Waals surface area (Å²) < 4.78 is 0. The van der Waals surface area contributed by atoms with E-state index in [4.69, 9.17) is 5.73 Å². The lowest BCUT2D eigenvalue weighted by molar-refractivity contribution is -0.124. The second-order valence-corrected chi connectivity index (χ2v) is 3.53. The van der Waals surface area contributed by atoms with E-state index in [0.29, 0.717) is 25.9 Å². The normalized spacial score (nSPS) is 9.38. The zero-order valence-corrected chi connectivity index (χ0v) is 10.6. The fourth-order valence-corrected chi connectivity index (χ4v) is 1.34. The predicted molar refractivity (Wildman–Crippen MR) is 71.7 cm³/mol. The smallest absolute Gasteiger partial charge is 0.223 e. The number of amides is 1. The van der Waals surface area contributed by atoms with E-state index in [1.54, 1.807) is 12.2 Å². The summed E-state index contributed by atoms with van der Waals surface area (Å²) >= 11 is 0. The molecule has 3 nitrogen and oxygen atoms in total. The van der Waals surface area contributed by atoms with Crippen LogP contribution in [0.1, 0.15) is 25.7 Å². The molecule has 0 saturated heterocycles. The van der Waals surface area contributed by atoms with Crippen molar-refractivity contribution in [1.82, 2.24) is 5.32 Å². The Kier molecular flexibility index (Phi) is 13.5. The second-order valence-electron chi connectivity index (χ2n) is 3.53. The van der Waals surface area contributed by atoms with E-state index >= 15 is 0 Å². The number of nitrogens with two attached hydrogens (primary N) is 1. The molecule has 0 aliphatic heterocycles. The molecule has 0 atom stereocenters. The summed E-state index contributed by atoms with van der Waals surface area (Å²) in [6, 6.07) is 0. The highest BCUT2D eigenvalue weighted by atomic mass is 35.5. The van der Waals surface area contributed by atoms with Crippen molar-refractivity contribution in [2.24, 2.45) is 11.7 Å². The molecule has 0 radical (unpaired) electrons. The lowest BCUT2D eigenvalue weighted by Crippen LogP contribution is -2.31. The maximum Gasteiger partial charge on any atom is 0.223 e. The third-order valence-electron chi connectivity index (χ3n) is 2.20. The Morgan fingerprint density at radius 1 is 1.25 bits per heavy atom. The molecule has 0 saturated carbocycles. The topological polar surface area (TPSA) is 55.1 Å². The first-order chi connectivity index (χ1) is 7.26. The minimum atomic E-state index is -0.0159. The maximum absolute atomic E-state index is 11.6. The third-order valence-corrected chi connectivity index (χ3v) is 2.20. The maximum atomic E-state index is 11.6. The van der Waals surface area contributed by atoms with E-state index in [0.717, 1.165) is 12.8 Å². The molecule has 0 aromatic carbocycles. The van der Waals surface area contributed by atoms with Crippen LogP contribution in [0.15, 0.2) is 25.3 Å². The molecule has 3 N–H and O–H groups in total. The van der Waals surface area contributed by atoms with Gasteiger partial charge in [-0.05, 0) is 32.2 Å². The van der Waals surface area contributed by atoms with E-state index in [2.05, 4.69) is 18.5 Å². The number of carbonyl (C=O) groups excluding carboxylic acids is 1. The summed E-state index contributed by atoms with van der Waals surface area (Å²) in [5.41, 5.74) is 5.36. The van der Waals surface area contributed by atoms with Crippen LogP contribution in [0.5, 0.6) is 0 Å². The molecule has 0 bridgehead atoms. The van der Waals surface area contributed by atoms with Gasteiger partial charge >= 0.3 is 0 Å². The molecule has 4 heteroatoms. The van der Waals surface area contributed by atoms with Crippen LogP contribution in [0.2, 0.25) is 0 Å². The van der Waals surface area contributed by atoms with Gasteiger partial charge in [0.05, 0.1) is 0 Å². The van der Waals surface area contributed by atoms with Crippen LogP contribution >= 0.6 is 12.4 Å². The number of hydrogen-bond acceptors (Lipinski definition) is 2. The summed E-state index contributed by atoms with van der Waals surface area (Å²) in [5.74, 6) is 0.0738. The van der Waals surface area contributed by atoms with Gasteiger partial charge in [-0.2, -0.15) is 0 Å². The average molecular weight is 247 g/mol. The van der Waals surface area contributed by atoms with E-state index in [-0.39, 0.29) is 24.2 Å². The number of rotatable bonds is 9. The highest BCUT2D eigenvalue weighted by Gasteiger charge is 2.14. The van der Waals surface area contributed by atoms with Crippen LogP contribution in [-0.2, 0) is 4.79 Å². The van der Waals surface area contributed by atoms with Gasteiger partial charge in [-0.25, -0.2) is 0 Å². The second kappa shape index (κ2) is 12.3. The SMILES string of the molecule is C=CCC(CC=C)C(=O)NCCCCN.Cl. The van der Waals surface area contributed by atoms with Crippen LogP contribution in [0.3, 0.4) is 0 Å². The van der Waals surface area contributed by atoms with Crippen molar-refractivity contribution >= 4 is 18.3 Å². The Balaban J connectivity index is 0. The average Bonchev–Trinajstić information content (AvgIpc) is 2.24. The van der Waals surface area contributed by atoms with Gasteiger partial charge in [0.1, 0.15) is 0 Å². The van der Waals surface area contributed by atoms with Crippen molar-refractivity contribution in [3.05, 3.63) is 25.3 Å². The fraction of sp³-hybridized carbons (Fsp3) is 0.583. The van der Waals surface area contributed by atoms with Gasteiger partial charge in [0.15, 0.2) is 0 Å². The van der Waals surface area contributed by atoms with Crippen molar-refractivity contribution in [2.45, 2.75) is 25.7 Å². The quantitative estimate of drug-likeness (QED) is 0.483. The molecule has 0 aromatic rings.